The molecule has 0 aromatic heterocycles. The summed E-state index contributed by atoms with van der Waals surface area (Å²) in [6.45, 7) is -0.537. The van der Waals surface area contributed by atoms with Gasteiger partial charge in [0.1, 0.15) is 0 Å². The van der Waals surface area contributed by atoms with E-state index in [9.17, 15) is 13.2 Å². The first-order valence-electron chi connectivity index (χ1n) is 8.81. The summed E-state index contributed by atoms with van der Waals surface area (Å²) >= 11 is 18.2. The number of rotatable bonds is 7. The van der Waals surface area contributed by atoms with E-state index in [0.29, 0.717) is 26.3 Å². The second-order valence-corrected chi connectivity index (χ2v) is 9.54. The van der Waals surface area contributed by atoms with Crippen molar-refractivity contribution in [3.05, 3.63) is 93.4 Å². The fourth-order valence-corrected chi connectivity index (χ4v) is 4.77. The van der Waals surface area contributed by atoms with Crippen LogP contribution in [0.1, 0.15) is 5.56 Å². The predicted octanol–water partition coefficient (Wildman–Crippen LogP) is 5.48. The zero-order valence-electron chi connectivity index (χ0n) is 15.6. The molecule has 0 aliphatic carbocycles. The topological polar surface area (TPSA) is 66.5 Å². The van der Waals surface area contributed by atoms with Crippen LogP contribution < -0.4 is 5.32 Å². The highest BCUT2D eigenvalue weighted by Gasteiger charge is 2.27. The summed E-state index contributed by atoms with van der Waals surface area (Å²) in [5.41, 5.74) is 0.914. The summed E-state index contributed by atoms with van der Waals surface area (Å²) in [4.78, 5) is 12.7. The van der Waals surface area contributed by atoms with Crippen molar-refractivity contribution >= 4 is 56.4 Å². The van der Waals surface area contributed by atoms with Crippen LogP contribution in [0.2, 0.25) is 15.1 Å². The number of sulfonamides is 1. The second-order valence-electron chi connectivity index (χ2n) is 6.35. The maximum Gasteiger partial charge on any atom is 0.243 e. The summed E-state index contributed by atoms with van der Waals surface area (Å²) < 4.78 is 27.5. The van der Waals surface area contributed by atoms with Gasteiger partial charge in [0.05, 0.1) is 22.2 Å². The smallest absolute Gasteiger partial charge is 0.243 e. The van der Waals surface area contributed by atoms with Crippen molar-refractivity contribution in [2.24, 2.45) is 0 Å². The van der Waals surface area contributed by atoms with Gasteiger partial charge in [0.15, 0.2) is 0 Å². The molecule has 5 nitrogen and oxygen atoms in total. The maximum absolute atomic E-state index is 13.2. The van der Waals surface area contributed by atoms with Crippen molar-refractivity contribution in [1.82, 2.24) is 4.31 Å². The molecule has 3 aromatic rings. The lowest BCUT2D eigenvalue weighted by molar-refractivity contribution is -0.116. The minimum absolute atomic E-state index is 0.0700. The summed E-state index contributed by atoms with van der Waals surface area (Å²) in [5.74, 6) is -0.535. The molecular formula is C21H17Cl3N2O3S. The van der Waals surface area contributed by atoms with Gasteiger partial charge < -0.3 is 5.32 Å². The van der Waals surface area contributed by atoms with Gasteiger partial charge in [-0.3, -0.25) is 4.79 Å². The standard InChI is InChI=1S/C21H17Cl3N2O3S/c22-16-11-10-15(19(24)12-16)13-26(30(28,29)17-6-2-1-3-7-17)14-21(27)25-20-9-5-4-8-18(20)23/h1-12H,13-14H2,(H,25,27). The van der Waals surface area contributed by atoms with Gasteiger partial charge in [0.2, 0.25) is 15.9 Å². The van der Waals surface area contributed by atoms with E-state index >= 15 is 0 Å². The zero-order chi connectivity index (χ0) is 21.7. The predicted molar refractivity (Wildman–Crippen MR) is 121 cm³/mol. The van der Waals surface area contributed by atoms with Crippen LogP contribution in [0, 0.1) is 0 Å². The number of anilines is 1. The maximum atomic E-state index is 13.2. The van der Waals surface area contributed by atoms with Crippen LogP contribution in [0.25, 0.3) is 0 Å². The van der Waals surface area contributed by atoms with E-state index in [1.54, 1.807) is 54.6 Å². The van der Waals surface area contributed by atoms with Crippen molar-refractivity contribution < 1.29 is 13.2 Å². The Morgan fingerprint density at radius 2 is 1.53 bits per heavy atom. The molecular weight excluding hydrogens is 467 g/mol. The molecule has 1 N–H and O–H groups in total. The second kappa shape index (κ2) is 9.81. The molecule has 0 saturated heterocycles. The number of nitrogens with zero attached hydrogens (tertiary/aromatic N) is 1. The molecule has 0 aliphatic heterocycles. The number of carbonyl (C=O) groups excluding carboxylic acids is 1. The third kappa shape index (κ3) is 5.53. The van der Waals surface area contributed by atoms with Gasteiger partial charge in [-0.05, 0) is 42.0 Å². The van der Waals surface area contributed by atoms with E-state index in [0.717, 1.165) is 4.31 Å². The van der Waals surface area contributed by atoms with Gasteiger partial charge in [0.25, 0.3) is 0 Å². The molecule has 0 fully saturated rings. The molecule has 3 aromatic carbocycles. The third-order valence-electron chi connectivity index (χ3n) is 4.21. The van der Waals surface area contributed by atoms with Crippen LogP contribution in [0.15, 0.2) is 77.7 Å². The summed E-state index contributed by atoms with van der Waals surface area (Å²) in [6, 6.07) is 19.3. The van der Waals surface area contributed by atoms with E-state index in [2.05, 4.69) is 5.32 Å². The normalized spacial score (nSPS) is 11.5. The molecule has 156 valence electrons. The highest BCUT2D eigenvalue weighted by molar-refractivity contribution is 7.89. The monoisotopic (exact) mass is 482 g/mol. The van der Waals surface area contributed by atoms with Crippen LogP contribution >= 0.6 is 34.8 Å². The molecule has 0 saturated carbocycles. The lowest BCUT2D eigenvalue weighted by Gasteiger charge is -2.22. The number of para-hydroxylation sites is 1. The van der Waals surface area contributed by atoms with Gasteiger partial charge >= 0.3 is 0 Å². The molecule has 0 heterocycles. The average Bonchev–Trinajstić information content (AvgIpc) is 2.71. The quantitative estimate of drug-likeness (QED) is 0.484. The summed E-state index contributed by atoms with van der Waals surface area (Å²) in [5, 5.41) is 3.73. The number of halogens is 3. The highest BCUT2D eigenvalue weighted by atomic mass is 35.5. The van der Waals surface area contributed by atoms with E-state index in [1.165, 1.54) is 18.2 Å². The van der Waals surface area contributed by atoms with Crippen molar-refractivity contribution in [2.45, 2.75) is 11.4 Å². The van der Waals surface area contributed by atoms with Crippen LogP contribution in [0.3, 0.4) is 0 Å². The van der Waals surface area contributed by atoms with Crippen molar-refractivity contribution in [3.8, 4) is 0 Å². The Morgan fingerprint density at radius 1 is 0.867 bits per heavy atom. The highest BCUT2D eigenvalue weighted by Crippen LogP contribution is 2.26. The minimum atomic E-state index is -3.98. The fourth-order valence-electron chi connectivity index (χ4n) is 2.72. The van der Waals surface area contributed by atoms with Gasteiger partial charge in [-0.25, -0.2) is 8.42 Å². The summed E-state index contributed by atoms with van der Waals surface area (Å²) in [6.07, 6.45) is 0. The Kier molecular flexibility index (Phi) is 7.39. The van der Waals surface area contributed by atoms with Crippen molar-refractivity contribution in [1.29, 1.82) is 0 Å². The number of carbonyl (C=O) groups is 1. The number of nitrogens with one attached hydrogen (secondary N) is 1. The minimum Gasteiger partial charge on any atom is -0.324 e. The number of hydrogen-bond donors (Lipinski definition) is 1. The van der Waals surface area contributed by atoms with Gasteiger partial charge in [0, 0.05) is 16.6 Å². The van der Waals surface area contributed by atoms with E-state index in [-0.39, 0.29) is 11.4 Å². The summed E-state index contributed by atoms with van der Waals surface area (Å²) in [7, 11) is -3.98. The number of hydrogen-bond acceptors (Lipinski definition) is 3. The fraction of sp³-hybridized carbons (Fsp3) is 0.0952. The molecule has 0 atom stereocenters. The van der Waals surface area contributed by atoms with E-state index in [1.807, 2.05) is 0 Å². The van der Waals surface area contributed by atoms with Crippen LogP contribution in [0.5, 0.6) is 0 Å². The van der Waals surface area contributed by atoms with Crippen molar-refractivity contribution in [3.63, 3.8) is 0 Å². The average molecular weight is 484 g/mol. The lowest BCUT2D eigenvalue weighted by atomic mass is 10.2. The van der Waals surface area contributed by atoms with Gasteiger partial charge in [-0.1, -0.05) is 71.2 Å². The van der Waals surface area contributed by atoms with E-state index < -0.39 is 22.5 Å². The molecule has 0 unspecified atom stereocenters. The molecule has 0 bridgehead atoms. The van der Waals surface area contributed by atoms with Gasteiger partial charge in [-0.15, -0.1) is 0 Å². The number of amides is 1. The molecule has 0 aliphatic rings. The van der Waals surface area contributed by atoms with E-state index in [4.69, 9.17) is 34.8 Å². The van der Waals surface area contributed by atoms with Crippen LogP contribution in [0.4, 0.5) is 5.69 Å². The SMILES string of the molecule is O=C(CN(Cc1ccc(Cl)cc1Cl)S(=O)(=O)c1ccccc1)Nc1ccccc1Cl. The van der Waals surface area contributed by atoms with Crippen LogP contribution in [-0.4, -0.2) is 25.2 Å². The van der Waals surface area contributed by atoms with Gasteiger partial charge in [-0.2, -0.15) is 4.31 Å². The molecule has 1 amide bonds. The third-order valence-corrected chi connectivity index (χ3v) is 6.93. The van der Waals surface area contributed by atoms with Crippen molar-refractivity contribution in [2.75, 3.05) is 11.9 Å². The first-order chi connectivity index (χ1) is 14.3. The largest absolute Gasteiger partial charge is 0.324 e. The Hall–Kier alpha value is -2.09. The molecule has 9 heteroatoms. The Labute approximate surface area is 190 Å². The molecule has 3 rings (SSSR count). The first kappa shape index (κ1) is 22.6. The lowest BCUT2D eigenvalue weighted by Crippen LogP contribution is -2.37. The van der Waals surface area contributed by atoms with Crippen LogP contribution in [-0.2, 0) is 21.4 Å². The molecule has 30 heavy (non-hydrogen) atoms. The first-order valence-corrected chi connectivity index (χ1v) is 11.4. The molecule has 0 spiro atoms. The molecule has 0 radical (unpaired) electrons. The Balaban J connectivity index is 1.91. The Morgan fingerprint density at radius 3 is 2.20 bits per heavy atom. The zero-order valence-corrected chi connectivity index (χ0v) is 18.6. The number of benzene rings is 3. The Bertz CT molecular complexity index is 1160.